The number of aromatic hydroxyl groups is 1. The quantitative estimate of drug-likeness (QED) is 0.618. The zero-order chi connectivity index (χ0) is 19.7. The van der Waals surface area contributed by atoms with Crippen molar-refractivity contribution < 1.29 is 9.90 Å². The van der Waals surface area contributed by atoms with Crippen LogP contribution in [0.2, 0.25) is 0 Å². The van der Waals surface area contributed by atoms with Crippen LogP contribution in [0.3, 0.4) is 0 Å². The van der Waals surface area contributed by atoms with Gasteiger partial charge in [-0.1, -0.05) is 32.9 Å². The topological polar surface area (TPSA) is 76.4 Å². The number of benzene rings is 1. The van der Waals surface area contributed by atoms with Crippen LogP contribution >= 0.6 is 0 Å². The van der Waals surface area contributed by atoms with Gasteiger partial charge in [-0.2, -0.15) is 5.26 Å². The van der Waals surface area contributed by atoms with Crippen molar-refractivity contribution in [2.45, 2.75) is 52.5 Å². The van der Waals surface area contributed by atoms with Gasteiger partial charge in [-0.05, 0) is 54.2 Å². The minimum absolute atomic E-state index is 0.176. The minimum atomic E-state index is -0.317. The fourth-order valence-corrected chi connectivity index (χ4v) is 5.04. The largest absolute Gasteiger partial charge is 0.508 e. The summed E-state index contributed by atoms with van der Waals surface area (Å²) < 4.78 is 0. The number of nitrogens with one attached hydrogen (secondary N) is 1. The number of hydrogen-bond donors (Lipinski definition) is 2. The third-order valence-electron chi connectivity index (χ3n) is 5.75. The SMILES string of the molecule is CC1(C)CC2CC(C)(CN2/C=C(/C#N)C(=O)NCCc2ccc(O)cc2)C1. The molecule has 5 nitrogen and oxygen atoms in total. The lowest BCUT2D eigenvalue weighted by molar-refractivity contribution is -0.117. The fraction of sp³-hybridized carbons (Fsp3) is 0.545. The first kappa shape index (κ1) is 19.3. The third-order valence-corrected chi connectivity index (χ3v) is 5.75. The number of hydrogen-bond acceptors (Lipinski definition) is 4. The first-order chi connectivity index (χ1) is 12.7. The number of phenols is 1. The van der Waals surface area contributed by atoms with Crippen LogP contribution in [0, 0.1) is 22.2 Å². The predicted molar refractivity (Wildman–Crippen MR) is 105 cm³/mol. The van der Waals surface area contributed by atoms with Crippen LogP contribution in [0.1, 0.15) is 45.6 Å². The van der Waals surface area contributed by atoms with Crippen molar-refractivity contribution in [1.29, 1.82) is 5.26 Å². The van der Waals surface area contributed by atoms with E-state index in [9.17, 15) is 15.2 Å². The van der Waals surface area contributed by atoms with E-state index < -0.39 is 0 Å². The zero-order valence-corrected chi connectivity index (χ0v) is 16.5. The Morgan fingerprint density at radius 3 is 2.70 bits per heavy atom. The second-order valence-electron chi connectivity index (χ2n) is 9.21. The van der Waals surface area contributed by atoms with Gasteiger partial charge < -0.3 is 15.3 Å². The monoisotopic (exact) mass is 367 g/mol. The Morgan fingerprint density at radius 2 is 2.04 bits per heavy atom. The summed E-state index contributed by atoms with van der Waals surface area (Å²) in [6, 6.07) is 9.40. The zero-order valence-electron chi connectivity index (χ0n) is 16.5. The van der Waals surface area contributed by atoms with Crippen LogP contribution in [0.4, 0.5) is 0 Å². The predicted octanol–water partition coefficient (Wildman–Crippen LogP) is 3.36. The van der Waals surface area contributed by atoms with Gasteiger partial charge in [0.25, 0.3) is 5.91 Å². The molecule has 144 valence electrons. The van der Waals surface area contributed by atoms with Gasteiger partial charge in [0, 0.05) is 25.3 Å². The molecule has 2 fully saturated rings. The van der Waals surface area contributed by atoms with Crippen molar-refractivity contribution >= 4 is 5.91 Å². The Hall–Kier alpha value is -2.48. The molecule has 1 aliphatic carbocycles. The lowest BCUT2D eigenvalue weighted by atomic mass is 9.65. The van der Waals surface area contributed by atoms with Gasteiger partial charge in [0.05, 0.1) is 0 Å². The second-order valence-corrected chi connectivity index (χ2v) is 9.21. The van der Waals surface area contributed by atoms with Gasteiger partial charge in [0.1, 0.15) is 17.4 Å². The van der Waals surface area contributed by atoms with Crippen molar-refractivity contribution in [3.63, 3.8) is 0 Å². The summed E-state index contributed by atoms with van der Waals surface area (Å²) >= 11 is 0. The summed E-state index contributed by atoms with van der Waals surface area (Å²) in [5.41, 5.74) is 1.77. The number of rotatable bonds is 5. The van der Waals surface area contributed by atoms with Crippen LogP contribution in [0.5, 0.6) is 5.75 Å². The van der Waals surface area contributed by atoms with Crippen LogP contribution in [-0.4, -0.2) is 35.0 Å². The fourth-order valence-electron chi connectivity index (χ4n) is 5.04. The molecule has 5 heteroatoms. The molecule has 1 aliphatic heterocycles. The van der Waals surface area contributed by atoms with Crippen molar-refractivity contribution in [3.8, 4) is 11.8 Å². The maximum Gasteiger partial charge on any atom is 0.263 e. The number of nitriles is 1. The van der Waals surface area contributed by atoms with Crippen molar-refractivity contribution in [2.24, 2.45) is 10.8 Å². The molecule has 2 unspecified atom stereocenters. The molecule has 3 rings (SSSR count). The lowest BCUT2D eigenvalue weighted by Gasteiger charge is -2.39. The van der Waals surface area contributed by atoms with Crippen molar-refractivity contribution in [2.75, 3.05) is 13.1 Å². The summed E-state index contributed by atoms with van der Waals surface area (Å²) in [5.74, 6) is -0.0904. The van der Waals surface area contributed by atoms with E-state index in [2.05, 4.69) is 37.1 Å². The van der Waals surface area contributed by atoms with E-state index in [1.54, 1.807) is 18.3 Å². The van der Waals surface area contributed by atoms with E-state index in [0.29, 0.717) is 24.4 Å². The van der Waals surface area contributed by atoms with E-state index in [-0.39, 0.29) is 22.6 Å². The van der Waals surface area contributed by atoms with Crippen LogP contribution < -0.4 is 5.32 Å². The summed E-state index contributed by atoms with van der Waals surface area (Å²) in [4.78, 5) is 14.7. The Bertz CT molecular complexity index is 776. The molecule has 1 aromatic rings. The van der Waals surface area contributed by atoms with E-state index >= 15 is 0 Å². The van der Waals surface area contributed by atoms with Gasteiger partial charge in [0.2, 0.25) is 0 Å². The molecular formula is C22H29N3O2. The van der Waals surface area contributed by atoms with E-state index in [1.807, 2.05) is 12.1 Å². The lowest BCUT2D eigenvalue weighted by Crippen LogP contribution is -2.34. The molecule has 1 amide bonds. The van der Waals surface area contributed by atoms with Gasteiger partial charge in [-0.3, -0.25) is 4.79 Å². The second kappa shape index (κ2) is 7.26. The molecular weight excluding hydrogens is 338 g/mol. The summed E-state index contributed by atoms with van der Waals surface area (Å²) in [6.45, 7) is 8.31. The molecule has 1 heterocycles. The molecule has 1 aromatic carbocycles. The van der Waals surface area contributed by atoms with E-state index in [0.717, 1.165) is 24.9 Å². The number of carbonyl (C=O) groups excluding carboxylic acids is 1. The number of fused-ring (bicyclic) bond motifs is 2. The third kappa shape index (κ3) is 4.63. The molecule has 2 bridgehead atoms. The highest BCUT2D eigenvalue weighted by molar-refractivity contribution is 5.97. The molecule has 2 N–H and O–H groups in total. The van der Waals surface area contributed by atoms with E-state index in [4.69, 9.17) is 0 Å². The summed E-state index contributed by atoms with van der Waals surface area (Å²) in [6.07, 6.45) is 5.84. The Kier molecular flexibility index (Phi) is 5.19. The first-order valence-corrected chi connectivity index (χ1v) is 9.64. The average molecular weight is 367 g/mol. The first-order valence-electron chi connectivity index (χ1n) is 9.64. The standard InChI is InChI=1S/C22H29N3O2/c1-21(2)10-18-11-22(3,14-21)15-25(18)13-17(12-23)20(27)24-9-8-16-4-6-19(26)7-5-16/h4-7,13,18,26H,8-11,14-15H2,1-3H3,(H,24,27)/b17-13-. The Labute approximate surface area is 161 Å². The summed E-state index contributed by atoms with van der Waals surface area (Å²) in [7, 11) is 0. The number of likely N-dealkylation sites (tertiary alicyclic amines) is 1. The average Bonchev–Trinajstić information content (AvgIpc) is 2.82. The highest BCUT2D eigenvalue weighted by atomic mass is 16.3. The van der Waals surface area contributed by atoms with Crippen molar-refractivity contribution in [3.05, 3.63) is 41.6 Å². The number of amides is 1. The number of carbonyl (C=O) groups is 1. The molecule has 2 aliphatic rings. The normalized spacial score (nSPS) is 26.5. The number of phenolic OH excluding ortho intramolecular Hbond substituents is 1. The Balaban J connectivity index is 1.60. The molecule has 0 spiro atoms. The Morgan fingerprint density at radius 1 is 1.33 bits per heavy atom. The maximum absolute atomic E-state index is 12.4. The molecule has 0 aromatic heterocycles. The van der Waals surface area contributed by atoms with Gasteiger partial charge in [-0.25, -0.2) is 0 Å². The summed E-state index contributed by atoms with van der Waals surface area (Å²) in [5, 5.41) is 21.6. The molecule has 1 saturated heterocycles. The molecule has 27 heavy (non-hydrogen) atoms. The highest BCUT2D eigenvalue weighted by Crippen LogP contribution is 2.52. The van der Waals surface area contributed by atoms with E-state index in [1.165, 1.54) is 6.42 Å². The smallest absolute Gasteiger partial charge is 0.263 e. The minimum Gasteiger partial charge on any atom is -0.508 e. The molecule has 1 saturated carbocycles. The number of nitrogens with zero attached hydrogens (tertiary/aromatic N) is 2. The van der Waals surface area contributed by atoms with Crippen LogP contribution in [-0.2, 0) is 11.2 Å². The van der Waals surface area contributed by atoms with Gasteiger partial charge in [0.15, 0.2) is 0 Å². The van der Waals surface area contributed by atoms with Crippen molar-refractivity contribution in [1.82, 2.24) is 10.2 Å². The van der Waals surface area contributed by atoms with Gasteiger partial charge >= 0.3 is 0 Å². The van der Waals surface area contributed by atoms with Crippen LogP contribution in [0.25, 0.3) is 0 Å². The van der Waals surface area contributed by atoms with Gasteiger partial charge in [-0.15, -0.1) is 0 Å². The highest BCUT2D eigenvalue weighted by Gasteiger charge is 2.48. The molecule has 2 atom stereocenters. The van der Waals surface area contributed by atoms with Crippen LogP contribution in [0.15, 0.2) is 36.0 Å². The maximum atomic E-state index is 12.4. The molecule has 0 radical (unpaired) electrons.